The van der Waals surface area contributed by atoms with Gasteiger partial charge in [0.25, 0.3) is 0 Å². The second-order valence-corrected chi connectivity index (χ2v) is 12.2. The van der Waals surface area contributed by atoms with Crippen molar-refractivity contribution < 1.29 is 23.7 Å². The zero-order valence-electron chi connectivity index (χ0n) is 29.7. The van der Waals surface area contributed by atoms with Crippen LogP contribution in [0.5, 0.6) is 28.7 Å². The molecule has 2 heterocycles. The first kappa shape index (κ1) is 35.7. The number of likely N-dealkylation sites (tertiary alicyclic amines) is 1. The normalized spacial score (nSPS) is 16.3. The Labute approximate surface area is 282 Å². The molecule has 7 nitrogen and oxygen atoms in total. The van der Waals surface area contributed by atoms with Crippen LogP contribution in [0.15, 0.2) is 72.5 Å². The number of methoxy groups -OCH3 is 5. The molecule has 0 radical (unpaired) electrons. The third-order valence-electron chi connectivity index (χ3n) is 9.27. The molecule has 7 heteroatoms. The number of ether oxygens (including phenoxy) is 5. The fourth-order valence-electron chi connectivity index (χ4n) is 6.61. The molecule has 3 aromatic carbocycles. The maximum absolute atomic E-state index is 5.54. The van der Waals surface area contributed by atoms with Gasteiger partial charge in [-0.3, -0.25) is 4.90 Å². The molecular weight excluding hydrogens is 588 g/mol. The molecule has 0 saturated carbocycles. The van der Waals surface area contributed by atoms with Crippen LogP contribution in [0.4, 0.5) is 0 Å². The van der Waals surface area contributed by atoms with Gasteiger partial charge in [0, 0.05) is 12.1 Å². The molecule has 1 atom stereocenters. The number of dihydropyridines is 1. The number of piperidine rings is 1. The van der Waals surface area contributed by atoms with Crippen molar-refractivity contribution in [3.63, 3.8) is 0 Å². The summed E-state index contributed by atoms with van der Waals surface area (Å²) in [6.07, 6.45) is 13.0. The Morgan fingerprint density at radius 3 is 1.96 bits per heavy atom. The predicted molar refractivity (Wildman–Crippen MR) is 192 cm³/mol. The molecule has 0 spiro atoms. The van der Waals surface area contributed by atoms with Gasteiger partial charge < -0.3 is 29.0 Å². The van der Waals surface area contributed by atoms with E-state index in [0.717, 1.165) is 47.1 Å². The molecule has 0 amide bonds. The van der Waals surface area contributed by atoms with E-state index >= 15 is 0 Å². The number of nitrogens with zero attached hydrogens (tertiary/aromatic N) is 1. The highest BCUT2D eigenvalue weighted by atomic mass is 16.5. The van der Waals surface area contributed by atoms with Gasteiger partial charge in [0.05, 0.1) is 41.6 Å². The average Bonchev–Trinajstić information content (AvgIpc) is 3.12. The second-order valence-electron chi connectivity index (χ2n) is 12.2. The maximum atomic E-state index is 5.54. The van der Waals surface area contributed by atoms with Crippen LogP contribution in [0.3, 0.4) is 0 Å². The molecule has 1 unspecified atom stereocenters. The third kappa shape index (κ3) is 9.04. The highest BCUT2D eigenvalue weighted by molar-refractivity contribution is 5.73. The first-order chi connectivity index (χ1) is 22.9. The first-order valence-electron chi connectivity index (χ1n) is 16.9. The van der Waals surface area contributed by atoms with Crippen molar-refractivity contribution in [3.05, 3.63) is 89.1 Å². The zero-order valence-corrected chi connectivity index (χ0v) is 29.7. The molecule has 2 aliphatic heterocycles. The lowest BCUT2D eigenvalue weighted by molar-refractivity contribution is 0.191. The largest absolute Gasteiger partial charge is 0.496 e. The van der Waals surface area contributed by atoms with E-state index in [1.54, 1.807) is 35.5 Å². The van der Waals surface area contributed by atoms with Gasteiger partial charge in [0.2, 0.25) is 5.75 Å². The summed E-state index contributed by atoms with van der Waals surface area (Å²) in [5.74, 6) is 4.64. The fourth-order valence-corrected chi connectivity index (χ4v) is 6.61. The topological polar surface area (TPSA) is 61.4 Å². The predicted octanol–water partition coefficient (Wildman–Crippen LogP) is 8.55. The van der Waals surface area contributed by atoms with Crippen molar-refractivity contribution in [2.24, 2.45) is 5.92 Å². The summed E-state index contributed by atoms with van der Waals surface area (Å²) in [6, 6.07) is 16.7. The van der Waals surface area contributed by atoms with Crippen molar-refractivity contribution in [2.75, 3.05) is 55.2 Å². The van der Waals surface area contributed by atoms with Crippen LogP contribution in [0.25, 0.3) is 11.1 Å². The summed E-state index contributed by atoms with van der Waals surface area (Å²) in [5, 5.41) is 3.46. The number of rotatable bonds is 12. The standard InChI is InChI=1S/C23H34N2O2.C17H20O3/c1-5-6-18-8-11-25(12-9-18)16-19-7-10-24-21(13-19)20-14-22(26-3)17(2)23(15-20)27-4;1-5-12-8-6-7-9-14(12)13-10-15(18-2)17(20-4)16(11-13)19-3/h7,10,13-15,18,21,24H,5-6,8-9,11-12,16H2,1-4H3;6-11H,5H2,1-4H3. The molecule has 5 rings (SSSR count). The molecule has 0 aromatic heterocycles. The number of benzene rings is 3. The van der Waals surface area contributed by atoms with Crippen molar-refractivity contribution in [1.29, 1.82) is 0 Å². The Hall–Kier alpha value is -4.10. The van der Waals surface area contributed by atoms with Gasteiger partial charge >= 0.3 is 0 Å². The van der Waals surface area contributed by atoms with E-state index in [4.69, 9.17) is 23.7 Å². The molecule has 1 saturated heterocycles. The lowest BCUT2D eigenvalue weighted by Crippen LogP contribution is -2.35. The maximum Gasteiger partial charge on any atom is 0.203 e. The molecule has 47 heavy (non-hydrogen) atoms. The van der Waals surface area contributed by atoms with Gasteiger partial charge in [-0.15, -0.1) is 0 Å². The number of nitrogens with one attached hydrogen (secondary N) is 1. The Morgan fingerprint density at radius 1 is 0.787 bits per heavy atom. The summed E-state index contributed by atoms with van der Waals surface area (Å²) in [7, 11) is 8.30. The van der Waals surface area contributed by atoms with Crippen LogP contribution in [-0.4, -0.2) is 60.1 Å². The third-order valence-corrected chi connectivity index (χ3v) is 9.27. The highest BCUT2D eigenvalue weighted by Crippen LogP contribution is 2.42. The van der Waals surface area contributed by atoms with Crippen LogP contribution in [0, 0.1) is 12.8 Å². The Balaban J connectivity index is 0.000000223. The molecule has 0 bridgehead atoms. The summed E-state index contributed by atoms with van der Waals surface area (Å²) >= 11 is 0. The molecule has 3 aromatic rings. The number of aryl methyl sites for hydroxylation is 1. The van der Waals surface area contributed by atoms with E-state index in [2.05, 4.69) is 72.7 Å². The lowest BCUT2D eigenvalue weighted by Gasteiger charge is -2.33. The molecular formula is C40H54N2O5. The van der Waals surface area contributed by atoms with Crippen LogP contribution in [0.2, 0.25) is 0 Å². The Kier molecular flexibility index (Phi) is 13.5. The van der Waals surface area contributed by atoms with Crippen molar-refractivity contribution in [2.45, 2.75) is 58.9 Å². The number of hydrogen-bond donors (Lipinski definition) is 1. The summed E-state index contributed by atoms with van der Waals surface area (Å²) in [5.41, 5.74) is 7.13. The second kappa shape index (κ2) is 17.7. The monoisotopic (exact) mass is 642 g/mol. The minimum absolute atomic E-state index is 0.144. The quantitative estimate of drug-likeness (QED) is 0.212. The minimum atomic E-state index is 0.144. The molecule has 2 aliphatic rings. The van der Waals surface area contributed by atoms with E-state index < -0.39 is 0 Å². The lowest BCUT2D eigenvalue weighted by atomic mass is 9.92. The van der Waals surface area contributed by atoms with Gasteiger partial charge in [-0.05, 0) is 110 Å². The van der Waals surface area contributed by atoms with E-state index in [9.17, 15) is 0 Å². The number of hydrogen-bond acceptors (Lipinski definition) is 7. The van der Waals surface area contributed by atoms with Gasteiger partial charge in [-0.25, -0.2) is 0 Å². The summed E-state index contributed by atoms with van der Waals surface area (Å²) in [6.45, 7) is 9.95. The SMILES string of the molecule is CCCC1CCN(CC2=CC(c3cc(OC)c(C)c(OC)c3)NC=C2)CC1.CCc1ccccc1-c1cc(OC)c(OC)c(OC)c1. The van der Waals surface area contributed by atoms with E-state index in [1.807, 2.05) is 25.1 Å². The van der Waals surface area contributed by atoms with Gasteiger partial charge in [-0.1, -0.05) is 57.0 Å². The van der Waals surface area contributed by atoms with Crippen LogP contribution < -0.4 is 29.0 Å². The van der Waals surface area contributed by atoms with Crippen LogP contribution in [-0.2, 0) is 6.42 Å². The van der Waals surface area contributed by atoms with E-state index in [1.165, 1.54) is 55.5 Å². The van der Waals surface area contributed by atoms with Crippen molar-refractivity contribution >= 4 is 0 Å². The van der Waals surface area contributed by atoms with Crippen molar-refractivity contribution in [3.8, 4) is 39.9 Å². The molecule has 1 N–H and O–H groups in total. The van der Waals surface area contributed by atoms with Crippen LogP contribution in [0.1, 0.15) is 62.3 Å². The minimum Gasteiger partial charge on any atom is -0.496 e. The van der Waals surface area contributed by atoms with Crippen molar-refractivity contribution in [1.82, 2.24) is 10.2 Å². The van der Waals surface area contributed by atoms with Gasteiger partial charge in [-0.2, -0.15) is 0 Å². The first-order valence-corrected chi connectivity index (χ1v) is 16.9. The van der Waals surface area contributed by atoms with E-state index in [0.29, 0.717) is 17.2 Å². The van der Waals surface area contributed by atoms with Gasteiger partial charge in [0.1, 0.15) is 11.5 Å². The highest BCUT2D eigenvalue weighted by Gasteiger charge is 2.21. The molecule has 0 aliphatic carbocycles. The molecule has 254 valence electrons. The smallest absolute Gasteiger partial charge is 0.203 e. The fraction of sp³-hybridized carbons (Fsp3) is 0.450. The summed E-state index contributed by atoms with van der Waals surface area (Å²) in [4.78, 5) is 2.60. The Morgan fingerprint density at radius 2 is 1.40 bits per heavy atom. The van der Waals surface area contributed by atoms with Crippen LogP contribution >= 0.6 is 0 Å². The van der Waals surface area contributed by atoms with E-state index in [-0.39, 0.29) is 6.04 Å². The summed E-state index contributed by atoms with van der Waals surface area (Å²) < 4.78 is 27.3. The zero-order chi connectivity index (χ0) is 33.8. The average molecular weight is 643 g/mol. The van der Waals surface area contributed by atoms with Gasteiger partial charge in [0.15, 0.2) is 11.5 Å². The molecule has 1 fully saturated rings. The Bertz CT molecular complexity index is 1460.